The lowest BCUT2D eigenvalue weighted by atomic mass is 10.2. The van der Waals surface area contributed by atoms with Crippen molar-refractivity contribution < 1.29 is 4.79 Å². The Labute approximate surface area is 173 Å². The molecule has 142 valence electrons. The van der Waals surface area contributed by atoms with Crippen LogP contribution in [0.2, 0.25) is 0 Å². The maximum Gasteiger partial charge on any atom is 0.250 e. The average molecular weight is 410 g/mol. The minimum Gasteiger partial charge on any atom is -0.298 e. The Kier molecular flexibility index (Phi) is 6.94. The molecule has 0 aliphatic rings. The van der Waals surface area contributed by atoms with Crippen molar-refractivity contribution in [2.24, 2.45) is 0 Å². The Morgan fingerprint density at radius 1 is 1.11 bits per heavy atom. The molecule has 2 aromatic carbocycles. The zero-order chi connectivity index (χ0) is 19.8. The number of thiocarbonyl (C=S) groups is 1. The number of amides is 1. The molecule has 1 amide bonds. The highest BCUT2D eigenvalue weighted by molar-refractivity contribution is 7.98. The van der Waals surface area contributed by atoms with Crippen LogP contribution in [0.4, 0.5) is 0 Å². The fraction of sp³-hybridized carbons (Fsp3) is 0.100. The minimum absolute atomic E-state index is 0.173. The summed E-state index contributed by atoms with van der Waals surface area (Å²) in [5, 5.41) is 11.7. The van der Waals surface area contributed by atoms with E-state index in [-0.39, 0.29) is 11.0 Å². The summed E-state index contributed by atoms with van der Waals surface area (Å²) in [5.41, 5.74) is 5.08. The third-order valence-electron chi connectivity index (χ3n) is 3.68. The van der Waals surface area contributed by atoms with Gasteiger partial charge in [-0.05, 0) is 36.3 Å². The number of nitrogens with zero attached hydrogens (tertiary/aromatic N) is 3. The Hall–Kier alpha value is -2.97. The van der Waals surface area contributed by atoms with E-state index in [1.807, 2.05) is 55.5 Å². The lowest BCUT2D eigenvalue weighted by molar-refractivity contribution is -0.115. The van der Waals surface area contributed by atoms with Gasteiger partial charge in [-0.25, -0.2) is 4.68 Å². The number of benzene rings is 2. The number of thioether (sulfide) groups is 1. The van der Waals surface area contributed by atoms with E-state index in [4.69, 9.17) is 12.2 Å². The zero-order valence-electron chi connectivity index (χ0n) is 15.2. The molecule has 6 nitrogen and oxygen atoms in total. The standard InChI is InChI=1S/C20H19N5OS2/c1-15-22-23-20(28-14-17-10-6-3-7-11-17)25(15)24-19(27)21-18(26)13-12-16-8-4-2-5-9-16/h2-13H,14H2,1H3,(H2,21,24,26,27). The molecule has 0 bridgehead atoms. The van der Waals surface area contributed by atoms with Crippen LogP contribution >= 0.6 is 24.0 Å². The SMILES string of the molecule is Cc1nnc(SCc2ccccc2)n1NC(=S)NC(=O)C=Cc1ccccc1. The molecule has 0 spiro atoms. The van der Waals surface area contributed by atoms with Gasteiger partial charge in [0.1, 0.15) is 5.82 Å². The van der Waals surface area contributed by atoms with Crippen LogP contribution in [0.25, 0.3) is 6.08 Å². The number of aryl methyl sites for hydroxylation is 1. The van der Waals surface area contributed by atoms with Crippen molar-refractivity contribution in [3.8, 4) is 0 Å². The Morgan fingerprint density at radius 3 is 2.50 bits per heavy atom. The molecule has 28 heavy (non-hydrogen) atoms. The van der Waals surface area contributed by atoms with Crippen LogP contribution in [-0.2, 0) is 10.5 Å². The van der Waals surface area contributed by atoms with Crippen LogP contribution in [0.3, 0.4) is 0 Å². The van der Waals surface area contributed by atoms with Gasteiger partial charge in [0.05, 0.1) is 0 Å². The lowest BCUT2D eigenvalue weighted by Gasteiger charge is -2.12. The Morgan fingerprint density at radius 2 is 1.79 bits per heavy atom. The summed E-state index contributed by atoms with van der Waals surface area (Å²) in [4.78, 5) is 12.1. The van der Waals surface area contributed by atoms with Crippen LogP contribution in [0.5, 0.6) is 0 Å². The first-order chi connectivity index (χ1) is 13.6. The number of hydrogen-bond donors (Lipinski definition) is 2. The van der Waals surface area contributed by atoms with Gasteiger partial charge in [-0.3, -0.25) is 15.5 Å². The molecule has 3 aromatic rings. The van der Waals surface area contributed by atoms with Crippen molar-refractivity contribution in [2.75, 3.05) is 5.43 Å². The molecule has 1 heterocycles. The molecular weight excluding hydrogens is 390 g/mol. The number of aromatic nitrogens is 3. The minimum atomic E-state index is -0.314. The third-order valence-corrected chi connectivity index (χ3v) is 4.88. The van der Waals surface area contributed by atoms with Gasteiger partial charge in [0.25, 0.3) is 0 Å². The van der Waals surface area contributed by atoms with Crippen LogP contribution in [0.1, 0.15) is 17.0 Å². The van der Waals surface area contributed by atoms with Gasteiger partial charge >= 0.3 is 0 Å². The topological polar surface area (TPSA) is 71.8 Å². The fourth-order valence-corrected chi connectivity index (χ4v) is 3.39. The van der Waals surface area contributed by atoms with Gasteiger partial charge in [-0.2, -0.15) is 0 Å². The predicted octanol–water partition coefficient (Wildman–Crippen LogP) is 3.54. The van der Waals surface area contributed by atoms with E-state index in [0.29, 0.717) is 11.0 Å². The second kappa shape index (κ2) is 9.82. The summed E-state index contributed by atoms with van der Waals surface area (Å²) in [7, 11) is 0. The van der Waals surface area contributed by atoms with Crippen molar-refractivity contribution in [3.05, 3.63) is 83.7 Å². The van der Waals surface area contributed by atoms with Crippen LogP contribution < -0.4 is 10.7 Å². The van der Waals surface area contributed by atoms with Crippen molar-refractivity contribution in [1.82, 2.24) is 20.2 Å². The molecule has 0 saturated heterocycles. The molecule has 0 aliphatic heterocycles. The molecule has 0 radical (unpaired) electrons. The summed E-state index contributed by atoms with van der Waals surface area (Å²) in [5.74, 6) is 1.08. The average Bonchev–Trinajstić information content (AvgIpc) is 3.06. The Balaban J connectivity index is 1.57. The van der Waals surface area contributed by atoms with Gasteiger partial charge in [-0.15, -0.1) is 10.2 Å². The molecule has 3 rings (SSSR count). The molecule has 0 unspecified atom stereocenters. The van der Waals surface area contributed by atoms with Gasteiger partial charge in [0, 0.05) is 11.8 Å². The second-order valence-electron chi connectivity index (χ2n) is 5.81. The molecule has 1 aromatic heterocycles. The molecular formula is C20H19N5OS2. The highest BCUT2D eigenvalue weighted by atomic mass is 32.2. The van der Waals surface area contributed by atoms with Gasteiger partial charge in [0.15, 0.2) is 5.11 Å². The first-order valence-electron chi connectivity index (χ1n) is 8.55. The number of hydrogen-bond acceptors (Lipinski definition) is 5. The van der Waals surface area contributed by atoms with Crippen molar-refractivity contribution in [2.45, 2.75) is 17.8 Å². The Bertz CT molecular complexity index is 971. The van der Waals surface area contributed by atoms with E-state index in [0.717, 1.165) is 11.3 Å². The summed E-state index contributed by atoms with van der Waals surface area (Å²) < 4.78 is 1.66. The van der Waals surface area contributed by atoms with Gasteiger partial charge in [0.2, 0.25) is 11.1 Å². The van der Waals surface area contributed by atoms with E-state index in [1.54, 1.807) is 10.8 Å². The lowest BCUT2D eigenvalue weighted by Crippen LogP contribution is -2.37. The predicted molar refractivity (Wildman–Crippen MR) is 116 cm³/mol. The van der Waals surface area contributed by atoms with Crippen molar-refractivity contribution in [1.29, 1.82) is 0 Å². The first kappa shape index (κ1) is 19.8. The smallest absolute Gasteiger partial charge is 0.250 e. The maximum atomic E-state index is 12.1. The van der Waals surface area contributed by atoms with Crippen LogP contribution in [0.15, 0.2) is 71.9 Å². The van der Waals surface area contributed by atoms with E-state index < -0.39 is 0 Å². The number of nitrogens with one attached hydrogen (secondary N) is 2. The summed E-state index contributed by atoms with van der Waals surface area (Å²) in [6.07, 6.45) is 3.16. The zero-order valence-corrected chi connectivity index (χ0v) is 16.8. The highest BCUT2D eigenvalue weighted by Gasteiger charge is 2.11. The third kappa shape index (κ3) is 5.77. The number of carbonyl (C=O) groups excluding carboxylic acids is 1. The van der Waals surface area contributed by atoms with Crippen LogP contribution in [0, 0.1) is 6.92 Å². The summed E-state index contributed by atoms with van der Waals surface area (Å²) >= 11 is 6.77. The normalized spacial score (nSPS) is 10.8. The maximum absolute atomic E-state index is 12.1. The fourth-order valence-electron chi connectivity index (χ4n) is 2.31. The molecule has 0 fully saturated rings. The molecule has 0 aliphatic carbocycles. The van der Waals surface area contributed by atoms with Gasteiger partial charge in [-0.1, -0.05) is 72.4 Å². The van der Waals surface area contributed by atoms with Crippen molar-refractivity contribution >= 4 is 41.1 Å². The van der Waals surface area contributed by atoms with E-state index in [2.05, 4.69) is 33.1 Å². The van der Waals surface area contributed by atoms with E-state index >= 15 is 0 Å². The summed E-state index contributed by atoms with van der Waals surface area (Å²) in [6, 6.07) is 19.7. The van der Waals surface area contributed by atoms with Gasteiger partial charge < -0.3 is 0 Å². The molecule has 8 heteroatoms. The summed E-state index contributed by atoms with van der Waals surface area (Å²) in [6.45, 7) is 1.81. The highest BCUT2D eigenvalue weighted by Crippen LogP contribution is 2.20. The molecule has 0 saturated carbocycles. The van der Waals surface area contributed by atoms with E-state index in [9.17, 15) is 4.79 Å². The molecule has 2 N–H and O–H groups in total. The first-order valence-corrected chi connectivity index (χ1v) is 9.95. The van der Waals surface area contributed by atoms with E-state index in [1.165, 1.54) is 23.4 Å². The molecule has 0 atom stereocenters. The second-order valence-corrected chi connectivity index (χ2v) is 7.16. The quantitative estimate of drug-likeness (QED) is 0.369. The van der Waals surface area contributed by atoms with Crippen molar-refractivity contribution in [3.63, 3.8) is 0 Å². The monoisotopic (exact) mass is 409 g/mol. The number of carbonyl (C=O) groups is 1. The number of rotatable bonds is 6. The largest absolute Gasteiger partial charge is 0.298 e. The van der Waals surface area contributed by atoms with Crippen LogP contribution in [-0.4, -0.2) is 25.9 Å².